The van der Waals surface area contributed by atoms with E-state index in [2.05, 4.69) is 0 Å². The molecule has 0 unspecified atom stereocenters. The number of carboxylic acids is 1. The predicted molar refractivity (Wildman–Crippen MR) is 59.7 cm³/mol. The standard InChI is InChI=1S/C9H9B2NO5/c10-8(12,7(15)16)9(11,17)4-1-2-5(13)6(14)3-4/h1-3,13-14,17H,12H2,(H,15,16)/t8-,9-/m1/s1. The molecule has 0 saturated heterocycles. The lowest BCUT2D eigenvalue weighted by Crippen LogP contribution is -2.64. The van der Waals surface area contributed by atoms with E-state index in [1.165, 1.54) is 0 Å². The van der Waals surface area contributed by atoms with Gasteiger partial charge in [0, 0.05) is 0 Å². The molecule has 1 aromatic carbocycles. The van der Waals surface area contributed by atoms with Gasteiger partial charge >= 0.3 is 5.97 Å². The predicted octanol–water partition coefficient (Wildman–Crippen LogP) is -1.68. The molecule has 0 aliphatic carbocycles. The highest BCUT2D eigenvalue weighted by molar-refractivity contribution is 6.34. The van der Waals surface area contributed by atoms with Gasteiger partial charge in [-0.1, -0.05) is 6.07 Å². The quantitative estimate of drug-likeness (QED) is 0.313. The van der Waals surface area contributed by atoms with E-state index in [1.54, 1.807) is 0 Å². The van der Waals surface area contributed by atoms with Crippen molar-refractivity contribution in [3.63, 3.8) is 0 Å². The van der Waals surface area contributed by atoms with Crippen LogP contribution in [0.5, 0.6) is 11.5 Å². The van der Waals surface area contributed by atoms with Crippen molar-refractivity contribution in [2.24, 2.45) is 5.73 Å². The maximum atomic E-state index is 10.8. The number of aliphatic carboxylic acids is 1. The molecule has 0 heterocycles. The van der Waals surface area contributed by atoms with E-state index in [-0.39, 0.29) is 5.56 Å². The first-order chi connectivity index (χ1) is 7.60. The number of nitrogens with two attached hydrogens (primary N) is 1. The summed E-state index contributed by atoms with van der Waals surface area (Å²) in [5, 5.41) is 36.9. The van der Waals surface area contributed by atoms with Crippen LogP contribution >= 0.6 is 0 Å². The fraction of sp³-hybridized carbons (Fsp3) is 0.222. The van der Waals surface area contributed by atoms with Crippen LogP contribution in [0.1, 0.15) is 5.56 Å². The monoisotopic (exact) mass is 233 g/mol. The minimum atomic E-state index is -2.66. The van der Waals surface area contributed by atoms with Gasteiger partial charge in [0.25, 0.3) is 0 Å². The number of rotatable bonds is 3. The summed E-state index contributed by atoms with van der Waals surface area (Å²) in [6, 6.07) is 2.97. The molecule has 4 radical (unpaired) electrons. The lowest BCUT2D eigenvalue weighted by molar-refractivity contribution is -0.145. The Morgan fingerprint density at radius 2 is 1.76 bits per heavy atom. The number of phenols is 2. The van der Waals surface area contributed by atoms with Gasteiger partial charge in [-0.2, -0.15) is 0 Å². The second-order valence-corrected chi connectivity index (χ2v) is 3.64. The molecular formula is C9H9B2NO5. The van der Waals surface area contributed by atoms with Crippen molar-refractivity contribution >= 4 is 21.7 Å². The van der Waals surface area contributed by atoms with Gasteiger partial charge in [-0.05, 0) is 17.7 Å². The average Bonchev–Trinajstić information content (AvgIpc) is 2.21. The van der Waals surface area contributed by atoms with Gasteiger partial charge in [0.1, 0.15) is 15.7 Å². The van der Waals surface area contributed by atoms with Gasteiger partial charge in [0.15, 0.2) is 11.5 Å². The van der Waals surface area contributed by atoms with Crippen LogP contribution in [0, 0.1) is 0 Å². The second kappa shape index (κ2) is 3.97. The van der Waals surface area contributed by atoms with Crippen LogP contribution in [-0.2, 0) is 10.3 Å². The first kappa shape index (κ1) is 13.4. The molecular weight excluding hydrogens is 224 g/mol. The highest BCUT2D eigenvalue weighted by Crippen LogP contribution is 2.33. The molecule has 2 atom stereocenters. The third-order valence-corrected chi connectivity index (χ3v) is 2.40. The Balaban J connectivity index is 3.30. The SMILES string of the molecule is [B][C@@](N)(C(=O)O)[C@]([B])(O)c1ccc(O)c(O)c1. The summed E-state index contributed by atoms with van der Waals surface area (Å²) >= 11 is 0. The Kier molecular flexibility index (Phi) is 3.13. The average molecular weight is 233 g/mol. The number of hydrogen-bond donors (Lipinski definition) is 5. The van der Waals surface area contributed by atoms with E-state index in [1.807, 2.05) is 0 Å². The van der Waals surface area contributed by atoms with Crippen molar-refractivity contribution in [3.05, 3.63) is 23.8 Å². The molecule has 6 nitrogen and oxygen atoms in total. The molecule has 1 aromatic rings. The van der Waals surface area contributed by atoms with Crippen LogP contribution in [0.3, 0.4) is 0 Å². The number of carbonyl (C=O) groups is 1. The molecule has 0 fully saturated rings. The van der Waals surface area contributed by atoms with Gasteiger partial charge in [0.2, 0.25) is 0 Å². The molecule has 0 aliphatic heterocycles. The highest BCUT2D eigenvalue weighted by Gasteiger charge is 2.46. The largest absolute Gasteiger partial charge is 0.504 e. The van der Waals surface area contributed by atoms with Crippen LogP contribution in [0.4, 0.5) is 0 Å². The maximum Gasteiger partial charge on any atom is 0.316 e. The lowest BCUT2D eigenvalue weighted by Gasteiger charge is -2.38. The molecule has 86 valence electrons. The molecule has 8 heteroatoms. The number of aliphatic hydroxyl groups is 1. The van der Waals surface area contributed by atoms with Crippen LogP contribution in [0.2, 0.25) is 0 Å². The molecule has 0 spiro atoms. The number of carboxylic acid groups (broad SMARTS) is 1. The number of phenolic OH excluding ortho intramolecular Hbond substituents is 2. The summed E-state index contributed by atoms with van der Waals surface area (Å²) in [4.78, 5) is 10.8. The third-order valence-electron chi connectivity index (χ3n) is 2.40. The number of hydrogen-bond acceptors (Lipinski definition) is 5. The van der Waals surface area contributed by atoms with Crippen molar-refractivity contribution in [1.29, 1.82) is 0 Å². The van der Waals surface area contributed by atoms with Gasteiger partial charge in [-0.15, -0.1) is 0 Å². The Hall–Kier alpha value is -1.66. The van der Waals surface area contributed by atoms with Crippen LogP contribution in [0.15, 0.2) is 18.2 Å². The van der Waals surface area contributed by atoms with E-state index < -0.39 is 28.4 Å². The Morgan fingerprint density at radius 1 is 1.24 bits per heavy atom. The van der Waals surface area contributed by atoms with Crippen molar-refractivity contribution in [1.82, 2.24) is 0 Å². The van der Waals surface area contributed by atoms with E-state index in [0.29, 0.717) is 0 Å². The van der Waals surface area contributed by atoms with Gasteiger partial charge in [0.05, 0.1) is 10.9 Å². The Labute approximate surface area is 99.5 Å². The molecule has 0 saturated carbocycles. The Morgan fingerprint density at radius 3 is 2.18 bits per heavy atom. The zero-order chi connectivity index (χ0) is 13.4. The summed E-state index contributed by atoms with van der Waals surface area (Å²) < 4.78 is 0. The van der Waals surface area contributed by atoms with Gasteiger partial charge in [-0.3, -0.25) is 4.79 Å². The van der Waals surface area contributed by atoms with E-state index in [4.69, 9.17) is 31.6 Å². The smallest absolute Gasteiger partial charge is 0.316 e. The normalized spacial score (nSPS) is 18.0. The number of aromatic hydroxyl groups is 2. The second-order valence-electron chi connectivity index (χ2n) is 3.64. The zero-order valence-corrected chi connectivity index (χ0v) is 8.66. The summed E-state index contributed by atoms with van der Waals surface area (Å²) in [5.74, 6) is -2.78. The summed E-state index contributed by atoms with van der Waals surface area (Å²) in [6.07, 6.45) is 0. The highest BCUT2D eigenvalue weighted by atomic mass is 16.4. The fourth-order valence-electron chi connectivity index (χ4n) is 1.16. The van der Waals surface area contributed by atoms with Crippen molar-refractivity contribution < 1.29 is 25.2 Å². The van der Waals surface area contributed by atoms with E-state index in [0.717, 1.165) is 18.2 Å². The van der Waals surface area contributed by atoms with Gasteiger partial charge < -0.3 is 26.2 Å². The lowest BCUT2D eigenvalue weighted by atomic mass is 9.54. The molecule has 0 bridgehead atoms. The molecule has 6 N–H and O–H groups in total. The topological polar surface area (TPSA) is 124 Å². The third kappa shape index (κ3) is 2.09. The van der Waals surface area contributed by atoms with Crippen molar-refractivity contribution in [2.75, 3.05) is 0 Å². The minimum absolute atomic E-state index is 0.250. The van der Waals surface area contributed by atoms with Crippen LogP contribution in [-0.4, -0.2) is 47.5 Å². The van der Waals surface area contributed by atoms with Gasteiger partial charge in [-0.25, -0.2) is 0 Å². The molecule has 17 heavy (non-hydrogen) atoms. The maximum absolute atomic E-state index is 10.8. The summed E-state index contributed by atoms with van der Waals surface area (Å²) in [6.45, 7) is 0. The van der Waals surface area contributed by atoms with E-state index in [9.17, 15) is 15.0 Å². The fourth-order valence-corrected chi connectivity index (χ4v) is 1.16. The molecule has 0 amide bonds. The molecule has 1 rings (SSSR count). The number of benzene rings is 1. The summed E-state index contributed by atoms with van der Waals surface area (Å²) in [7, 11) is 10.6. The first-order valence-electron chi connectivity index (χ1n) is 4.45. The van der Waals surface area contributed by atoms with Crippen LogP contribution < -0.4 is 5.73 Å². The van der Waals surface area contributed by atoms with Crippen molar-refractivity contribution in [3.8, 4) is 11.5 Å². The summed E-state index contributed by atoms with van der Waals surface area (Å²) in [5.41, 5.74) is -0.311. The molecule has 0 aromatic heterocycles. The van der Waals surface area contributed by atoms with E-state index >= 15 is 0 Å². The minimum Gasteiger partial charge on any atom is -0.504 e. The zero-order valence-electron chi connectivity index (χ0n) is 8.66. The first-order valence-corrected chi connectivity index (χ1v) is 4.45. The Bertz CT molecular complexity index is 461. The molecule has 0 aliphatic rings. The van der Waals surface area contributed by atoms with Crippen LogP contribution in [0.25, 0.3) is 0 Å². The van der Waals surface area contributed by atoms with Crippen molar-refractivity contribution in [2.45, 2.75) is 10.9 Å².